The van der Waals surface area contributed by atoms with Crippen molar-refractivity contribution in [2.75, 3.05) is 5.32 Å². The summed E-state index contributed by atoms with van der Waals surface area (Å²) < 4.78 is 0. The van der Waals surface area contributed by atoms with Crippen molar-refractivity contribution in [3.63, 3.8) is 0 Å². The van der Waals surface area contributed by atoms with Gasteiger partial charge in [-0.2, -0.15) is 0 Å². The number of rotatable bonds is 3. The lowest BCUT2D eigenvalue weighted by Gasteiger charge is -2.07. The van der Waals surface area contributed by atoms with Gasteiger partial charge in [0.25, 0.3) is 5.91 Å². The Morgan fingerprint density at radius 2 is 1.95 bits per heavy atom. The first-order valence-electron chi connectivity index (χ1n) is 5.79. The monoisotopic (exact) mass is 309 g/mol. The van der Waals surface area contributed by atoms with Gasteiger partial charge in [0.1, 0.15) is 4.88 Å². The summed E-state index contributed by atoms with van der Waals surface area (Å²) in [7, 11) is 0. The molecule has 2 N–H and O–H groups in total. The number of aryl methyl sites for hydroxylation is 2. The number of halogens is 1. The smallest absolute Gasteiger partial charge is 0.348 e. The molecule has 0 atom stereocenters. The van der Waals surface area contributed by atoms with E-state index in [0.717, 1.165) is 22.5 Å². The lowest BCUT2D eigenvalue weighted by atomic mass is 10.1. The number of hydrogen-bond donors (Lipinski definition) is 2. The molecule has 0 unspecified atom stereocenters. The molecular weight excluding hydrogens is 298 g/mol. The van der Waals surface area contributed by atoms with E-state index in [2.05, 4.69) is 5.32 Å². The zero-order valence-electron chi connectivity index (χ0n) is 10.9. The maximum Gasteiger partial charge on any atom is 0.348 e. The van der Waals surface area contributed by atoms with Crippen LogP contribution in [0.5, 0.6) is 0 Å². The van der Waals surface area contributed by atoms with Crippen molar-refractivity contribution in [3.05, 3.63) is 50.2 Å². The van der Waals surface area contributed by atoms with Crippen LogP contribution in [-0.2, 0) is 0 Å². The highest BCUT2D eigenvalue weighted by molar-refractivity contribution is 7.12. The molecule has 0 saturated carbocycles. The van der Waals surface area contributed by atoms with Gasteiger partial charge in [-0.1, -0.05) is 17.7 Å². The highest BCUT2D eigenvalue weighted by Crippen LogP contribution is 2.28. The second-order valence-corrected chi connectivity index (χ2v) is 5.63. The van der Waals surface area contributed by atoms with Crippen LogP contribution >= 0.6 is 22.9 Å². The molecule has 1 aromatic carbocycles. The predicted octanol–water partition coefficient (Wildman–Crippen LogP) is 3.97. The van der Waals surface area contributed by atoms with Gasteiger partial charge < -0.3 is 10.4 Å². The molecule has 0 aliphatic carbocycles. The second kappa shape index (κ2) is 5.64. The maximum atomic E-state index is 12.1. The van der Waals surface area contributed by atoms with E-state index in [1.807, 2.05) is 6.92 Å². The molecule has 104 valence electrons. The molecule has 0 saturated heterocycles. The van der Waals surface area contributed by atoms with Crippen LogP contribution < -0.4 is 5.32 Å². The van der Waals surface area contributed by atoms with Crippen LogP contribution in [-0.4, -0.2) is 17.0 Å². The molecule has 0 aliphatic heterocycles. The van der Waals surface area contributed by atoms with Crippen LogP contribution in [0.15, 0.2) is 23.6 Å². The Morgan fingerprint density at radius 1 is 1.25 bits per heavy atom. The van der Waals surface area contributed by atoms with Crippen molar-refractivity contribution >= 4 is 40.5 Å². The van der Waals surface area contributed by atoms with E-state index in [-0.39, 0.29) is 10.8 Å². The molecule has 1 heterocycles. The Bertz CT molecular complexity index is 694. The van der Waals surface area contributed by atoms with Gasteiger partial charge in [0.05, 0.1) is 5.69 Å². The number of carbonyl (C=O) groups excluding carboxylic acids is 1. The average molecular weight is 310 g/mol. The van der Waals surface area contributed by atoms with Gasteiger partial charge in [0.2, 0.25) is 0 Å². The summed E-state index contributed by atoms with van der Waals surface area (Å²) in [5.41, 5.74) is 2.33. The summed E-state index contributed by atoms with van der Waals surface area (Å²) in [6, 6.07) is 4.96. The number of aromatic carboxylic acids is 1. The minimum absolute atomic E-state index is 0.119. The highest BCUT2D eigenvalue weighted by atomic mass is 35.5. The second-order valence-electron chi connectivity index (χ2n) is 4.35. The first kappa shape index (κ1) is 14.6. The molecule has 1 aromatic heterocycles. The van der Waals surface area contributed by atoms with E-state index in [0.29, 0.717) is 16.3 Å². The minimum Gasteiger partial charge on any atom is -0.477 e. The Kier molecular flexibility index (Phi) is 4.11. The van der Waals surface area contributed by atoms with E-state index in [1.54, 1.807) is 30.5 Å². The quantitative estimate of drug-likeness (QED) is 0.901. The molecule has 2 rings (SSSR count). The lowest BCUT2D eigenvalue weighted by Crippen LogP contribution is -2.14. The summed E-state index contributed by atoms with van der Waals surface area (Å²) in [6.45, 7) is 3.59. The Hall–Kier alpha value is -1.85. The SMILES string of the molecule is Cc1ccc(C(=O)Nc2c(C)csc2C(=O)O)cc1Cl. The van der Waals surface area contributed by atoms with Crippen molar-refractivity contribution in [1.29, 1.82) is 0 Å². The zero-order chi connectivity index (χ0) is 14.9. The number of thiophene rings is 1. The van der Waals surface area contributed by atoms with Crippen molar-refractivity contribution in [2.24, 2.45) is 0 Å². The van der Waals surface area contributed by atoms with Crippen LogP contribution in [0.25, 0.3) is 0 Å². The standard InChI is InChI=1S/C14H12ClNO3S/c1-7-3-4-9(5-10(7)15)13(17)16-11-8(2)6-20-12(11)14(18)19/h3-6H,1-2H3,(H,16,17)(H,18,19). The first-order chi connectivity index (χ1) is 9.40. The third-order valence-corrected chi connectivity index (χ3v) is 4.33. The van der Waals surface area contributed by atoms with E-state index >= 15 is 0 Å². The van der Waals surface area contributed by atoms with Crippen LogP contribution in [0.2, 0.25) is 5.02 Å². The van der Waals surface area contributed by atoms with Crippen molar-refractivity contribution in [1.82, 2.24) is 0 Å². The van der Waals surface area contributed by atoms with Gasteiger partial charge in [0.15, 0.2) is 0 Å². The molecule has 1 amide bonds. The molecule has 0 bridgehead atoms. The number of amides is 1. The lowest BCUT2D eigenvalue weighted by molar-refractivity contribution is 0.0703. The number of benzene rings is 1. The fraction of sp³-hybridized carbons (Fsp3) is 0.143. The van der Waals surface area contributed by atoms with Crippen LogP contribution in [0, 0.1) is 13.8 Å². The van der Waals surface area contributed by atoms with Crippen molar-refractivity contribution in [2.45, 2.75) is 13.8 Å². The van der Waals surface area contributed by atoms with Crippen LogP contribution in [0.4, 0.5) is 5.69 Å². The number of hydrogen-bond acceptors (Lipinski definition) is 3. The topological polar surface area (TPSA) is 66.4 Å². The van der Waals surface area contributed by atoms with Crippen molar-refractivity contribution in [3.8, 4) is 0 Å². The Morgan fingerprint density at radius 3 is 2.55 bits per heavy atom. The molecule has 20 heavy (non-hydrogen) atoms. The van der Waals surface area contributed by atoms with E-state index in [4.69, 9.17) is 16.7 Å². The number of anilines is 1. The fourth-order valence-corrected chi connectivity index (χ4v) is 2.70. The molecule has 2 aromatic rings. The number of carbonyl (C=O) groups is 2. The number of carboxylic acid groups (broad SMARTS) is 1. The number of nitrogens with one attached hydrogen (secondary N) is 1. The van der Waals surface area contributed by atoms with Gasteiger partial charge in [-0.3, -0.25) is 4.79 Å². The third-order valence-electron chi connectivity index (χ3n) is 2.84. The molecule has 0 aliphatic rings. The van der Waals surface area contributed by atoms with Gasteiger partial charge >= 0.3 is 5.97 Å². The van der Waals surface area contributed by atoms with Gasteiger partial charge in [-0.25, -0.2) is 4.79 Å². The van der Waals surface area contributed by atoms with E-state index in [9.17, 15) is 9.59 Å². The van der Waals surface area contributed by atoms with Crippen LogP contribution in [0.1, 0.15) is 31.2 Å². The summed E-state index contributed by atoms with van der Waals surface area (Å²) in [5.74, 6) is -1.43. The van der Waals surface area contributed by atoms with Gasteiger partial charge in [-0.15, -0.1) is 11.3 Å². The van der Waals surface area contributed by atoms with Crippen LogP contribution in [0.3, 0.4) is 0 Å². The largest absolute Gasteiger partial charge is 0.477 e. The van der Waals surface area contributed by atoms with Gasteiger partial charge in [-0.05, 0) is 42.5 Å². The van der Waals surface area contributed by atoms with E-state index < -0.39 is 5.97 Å². The third kappa shape index (κ3) is 2.84. The Balaban J connectivity index is 2.30. The fourth-order valence-electron chi connectivity index (χ4n) is 1.68. The molecule has 4 nitrogen and oxygen atoms in total. The summed E-state index contributed by atoms with van der Waals surface area (Å²) >= 11 is 7.07. The summed E-state index contributed by atoms with van der Waals surface area (Å²) in [6.07, 6.45) is 0. The Labute approximate surface area is 125 Å². The highest BCUT2D eigenvalue weighted by Gasteiger charge is 2.18. The average Bonchev–Trinajstić information content (AvgIpc) is 2.74. The maximum absolute atomic E-state index is 12.1. The summed E-state index contributed by atoms with van der Waals surface area (Å²) in [4.78, 5) is 23.4. The van der Waals surface area contributed by atoms with Crippen molar-refractivity contribution < 1.29 is 14.7 Å². The molecule has 6 heteroatoms. The number of carboxylic acids is 1. The van der Waals surface area contributed by atoms with Gasteiger partial charge in [0, 0.05) is 10.6 Å². The molecular formula is C14H12ClNO3S. The molecule has 0 radical (unpaired) electrons. The molecule has 0 spiro atoms. The predicted molar refractivity (Wildman–Crippen MR) is 80.2 cm³/mol. The summed E-state index contributed by atoms with van der Waals surface area (Å²) in [5, 5.41) is 13.9. The zero-order valence-corrected chi connectivity index (χ0v) is 12.4. The normalized spacial score (nSPS) is 10.3. The molecule has 0 fully saturated rings. The minimum atomic E-state index is -1.06. The first-order valence-corrected chi connectivity index (χ1v) is 7.04. The van der Waals surface area contributed by atoms with E-state index in [1.165, 1.54) is 0 Å².